The SMILES string of the molecule is CC(C)(C)OC(=O)NC1(C(C)(C)CON)CCC1. The number of rotatable bonds is 4. The van der Waals surface area contributed by atoms with Crippen LogP contribution in [0.5, 0.6) is 0 Å². The van der Waals surface area contributed by atoms with Crippen molar-refractivity contribution in [3.8, 4) is 0 Å². The highest BCUT2D eigenvalue weighted by Crippen LogP contribution is 2.46. The Morgan fingerprint density at radius 3 is 2.17 bits per heavy atom. The van der Waals surface area contributed by atoms with Gasteiger partial charge in [-0.05, 0) is 40.0 Å². The number of nitrogens with two attached hydrogens (primary N) is 1. The molecule has 18 heavy (non-hydrogen) atoms. The van der Waals surface area contributed by atoms with E-state index < -0.39 is 5.60 Å². The average molecular weight is 258 g/mol. The number of ether oxygens (including phenoxy) is 1. The zero-order valence-corrected chi connectivity index (χ0v) is 12.1. The van der Waals surface area contributed by atoms with Crippen molar-refractivity contribution in [2.24, 2.45) is 11.3 Å². The number of carbonyl (C=O) groups excluding carboxylic acids is 1. The Hall–Kier alpha value is -0.810. The first kappa shape index (κ1) is 15.2. The van der Waals surface area contributed by atoms with Gasteiger partial charge in [-0.1, -0.05) is 13.8 Å². The lowest BCUT2D eigenvalue weighted by atomic mass is 9.61. The van der Waals surface area contributed by atoms with Crippen molar-refractivity contribution in [2.75, 3.05) is 6.61 Å². The summed E-state index contributed by atoms with van der Waals surface area (Å²) in [5, 5.41) is 3.01. The van der Waals surface area contributed by atoms with Gasteiger partial charge >= 0.3 is 6.09 Å². The van der Waals surface area contributed by atoms with Gasteiger partial charge in [0, 0.05) is 5.41 Å². The normalized spacial score (nSPS) is 19.0. The minimum atomic E-state index is -0.483. The lowest BCUT2D eigenvalue weighted by Gasteiger charge is -2.52. The molecule has 1 rings (SSSR count). The molecule has 1 aliphatic rings. The van der Waals surface area contributed by atoms with Crippen LogP contribution in [0.3, 0.4) is 0 Å². The third-order valence-corrected chi connectivity index (χ3v) is 3.69. The number of carbonyl (C=O) groups is 1. The van der Waals surface area contributed by atoms with Gasteiger partial charge in [0.15, 0.2) is 0 Å². The van der Waals surface area contributed by atoms with E-state index in [0.717, 1.165) is 19.3 Å². The molecular formula is C13H26N2O3. The van der Waals surface area contributed by atoms with Crippen molar-refractivity contribution < 1.29 is 14.4 Å². The molecule has 0 heterocycles. The Labute approximate surface area is 109 Å². The molecule has 0 atom stereocenters. The molecule has 0 aromatic carbocycles. The van der Waals surface area contributed by atoms with Gasteiger partial charge in [0.05, 0.1) is 12.1 Å². The van der Waals surface area contributed by atoms with Crippen LogP contribution in [0.25, 0.3) is 0 Å². The van der Waals surface area contributed by atoms with Gasteiger partial charge in [-0.15, -0.1) is 0 Å². The third kappa shape index (κ3) is 3.36. The summed E-state index contributed by atoms with van der Waals surface area (Å²) in [6.45, 7) is 10.1. The summed E-state index contributed by atoms with van der Waals surface area (Å²) in [4.78, 5) is 16.7. The molecule has 5 nitrogen and oxygen atoms in total. The zero-order chi connectivity index (χ0) is 14.0. The quantitative estimate of drug-likeness (QED) is 0.759. The van der Waals surface area contributed by atoms with Crippen LogP contribution < -0.4 is 11.2 Å². The van der Waals surface area contributed by atoms with Crippen molar-refractivity contribution in [2.45, 2.75) is 65.0 Å². The zero-order valence-electron chi connectivity index (χ0n) is 12.1. The van der Waals surface area contributed by atoms with Crippen molar-refractivity contribution in [1.29, 1.82) is 0 Å². The first-order chi connectivity index (χ1) is 8.12. The number of amides is 1. The van der Waals surface area contributed by atoms with Crippen molar-refractivity contribution in [3.05, 3.63) is 0 Å². The summed E-state index contributed by atoms with van der Waals surface area (Å²) >= 11 is 0. The summed E-state index contributed by atoms with van der Waals surface area (Å²) in [6.07, 6.45) is 2.60. The summed E-state index contributed by atoms with van der Waals surface area (Å²) in [6, 6.07) is 0. The fourth-order valence-corrected chi connectivity index (χ4v) is 2.35. The summed E-state index contributed by atoms with van der Waals surface area (Å²) in [7, 11) is 0. The molecular weight excluding hydrogens is 232 g/mol. The predicted molar refractivity (Wildman–Crippen MR) is 69.9 cm³/mol. The van der Waals surface area contributed by atoms with Crippen LogP contribution in [0.1, 0.15) is 53.9 Å². The molecule has 0 unspecified atom stereocenters. The van der Waals surface area contributed by atoms with E-state index in [1.54, 1.807) is 0 Å². The smallest absolute Gasteiger partial charge is 0.408 e. The van der Waals surface area contributed by atoms with Crippen molar-refractivity contribution >= 4 is 6.09 Å². The second-order valence-corrected chi connectivity index (χ2v) is 6.76. The van der Waals surface area contributed by atoms with Crippen LogP contribution in [-0.2, 0) is 9.57 Å². The van der Waals surface area contributed by atoms with E-state index in [1.165, 1.54) is 0 Å². The molecule has 5 heteroatoms. The van der Waals surface area contributed by atoms with Gasteiger partial charge < -0.3 is 14.9 Å². The Kier molecular flexibility index (Phi) is 4.28. The summed E-state index contributed by atoms with van der Waals surface area (Å²) in [5.74, 6) is 5.18. The molecule has 0 saturated heterocycles. The van der Waals surface area contributed by atoms with Gasteiger partial charge in [0.1, 0.15) is 5.60 Å². The number of alkyl carbamates (subject to hydrolysis) is 1. The molecule has 0 aromatic rings. The molecule has 3 N–H and O–H groups in total. The molecule has 1 fully saturated rings. The first-order valence-corrected chi connectivity index (χ1v) is 6.45. The molecule has 0 aliphatic heterocycles. The molecule has 0 spiro atoms. The molecule has 0 aromatic heterocycles. The lowest BCUT2D eigenvalue weighted by molar-refractivity contribution is -0.0421. The highest BCUT2D eigenvalue weighted by atomic mass is 16.6. The molecule has 1 saturated carbocycles. The van der Waals surface area contributed by atoms with Gasteiger partial charge in [-0.3, -0.25) is 0 Å². The van der Waals surface area contributed by atoms with Crippen LogP contribution in [-0.4, -0.2) is 23.8 Å². The predicted octanol–water partition coefficient (Wildman–Crippen LogP) is 2.35. The van der Waals surface area contributed by atoms with Crippen LogP contribution in [0.4, 0.5) is 4.79 Å². The Morgan fingerprint density at radius 1 is 1.28 bits per heavy atom. The van der Waals surface area contributed by atoms with Crippen molar-refractivity contribution in [1.82, 2.24) is 5.32 Å². The maximum Gasteiger partial charge on any atom is 0.408 e. The molecule has 106 valence electrons. The Morgan fingerprint density at radius 2 is 1.83 bits per heavy atom. The van der Waals surface area contributed by atoms with E-state index in [4.69, 9.17) is 15.5 Å². The topological polar surface area (TPSA) is 73.6 Å². The maximum absolute atomic E-state index is 11.9. The first-order valence-electron chi connectivity index (χ1n) is 6.45. The maximum atomic E-state index is 11.9. The summed E-state index contributed by atoms with van der Waals surface area (Å²) in [5.41, 5.74) is -0.963. The highest BCUT2D eigenvalue weighted by molar-refractivity contribution is 5.69. The Balaban J connectivity index is 2.69. The standard InChI is InChI=1S/C13H26N2O3/c1-11(2,3)18-10(16)15-13(7-6-8-13)12(4,5)9-17-14/h6-9,14H2,1-5H3,(H,15,16). The minimum absolute atomic E-state index is 0.211. The van der Waals surface area contributed by atoms with Gasteiger partial charge in [-0.2, -0.15) is 0 Å². The minimum Gasteiger partial charge on any atom is -0.444 e. The van der Waals surface area contributed by atoms with E-state index in [1.807, 2.05) is 20.8 Å². The van der Waals surface area contributed by atoms with Crippen LogP contribution in [0.2, 0.25) is 0 Å². The third-order valence-electron chi connectivity index (χ3n) is 3.69. The van der Waals surface area contributed by atoms with Crippen LogP contribution in [0, 0.1) is 5.41 Å². The lowest BCUT2D eigenvalue weighted by Crippen LogP contribution is -2.64. The molecule has 0 bridgehead atoms. The van der Waals surface area contributed by atoms with Gasteiger partial charge in [0.25, 0.3) is 0 Å². The van der Waals surface area contributed by atoms with E-state index in [9.17, 15) is 4.79 Å². The van der Waals surface area contributed by atoms with E-state index in [-0.39, 0.29) is 17.0 Å². The number of hydrogen-bond acceptors (Lipinski definition) is 4. The fraction of sp³-hybridized carbons (Fsp3) is 0.923. The van der Waals surface area contributed by atoms with Gasteiger partial charge in [-0.25, -0.2) is 10.7 Å². The van der Waals surface area contributed by atoms with E-state index in [2.05, 4.69) is 19.2 Å². The number of nitrogens with one attached hydrogen (secondary N) is 1. The monoisotopic (exact) mass is 258 g/mol. The molecule has 0 radical (unpaired) electrons. The fourth-order valence-electron chi connectivity index (χ4n) is 2.35. The highest BCUT2D eigenvalue weighted by Gasteiger charge is 2.51. The summed E-state index contributed by atoms with van der Waals surface area (Å²) < 4.78 is 5.32. The van der Waals surface area contributed by atoms with Crippen LogP contribution >= 0.6 is 0 Å². The Bertz CT molecular complexity index is 304. The van der Waals surface area contributed by atoms with E-state index in [0.29, 0.717) is 6.61 Å². The number of hydrogen-bond donors (Lipinski definition) is 2. The largest absolute Gasteiger partial charge is 0.444 e. The van der Waals surface area contributed by atoms with Gasteiger partial charge in [0.2, 0.25) is 0 Å². The average Bonchev–Trinajstić information content (AvgIpc) is 2.07. The van der Waals surface area contributed by atoms with E-state index >= 15 is 0 Å². The molecule has 1 aliphatic carbocycles. The molecule has 1 amide bonds. The van der Waals surface area contributed by atoms with Crippen molar-refractivity contribution in [3.63, 3.8) is 0 Å². The second-order valence-electron chi connectivity index (χ2n) is 6.76. The van der Waals surface area contributed by atoms with Crippen LogP contribution in [0.15, 0.2) is 0 Å². The second kappa shape index (κ2) is 5.05.